The van der Waals surface area contributed by atoms with Gasteiger partial charge in [0.1, 0.15) is 24.1 Å². The van der Waals surface area contributed by atoms with Crippen LogP contribution >= 0.6 is 0 Å². The maximum absolute atomic E-state index is 11.6. The van der Waals surface area contributed by atoms with Gasteiger partial charge in [0.05, 0.1) is 23.4 Å². The van der Waals surface area contributed by atoms with Crippen molar-refractivity contribution < 1.29 is 14.3 Å². The molecule has 174 valence electrons. The minimum Gasteiger partial charge on any atom is -0.492 e. The Morgan fingerprint density at radius 3 is 2.70 bits per heavy atom. The summed E-state index contributed by atoms with van der Waals surface area (Å²) in [5.74, 6) is 3.94. The zero-order chi connectivity index (χ0) is 23.2. The molecule has 0 bridgehead atoms. The summed E-state index contributed by atoms with van der Waals surface area (Å²) >= 11 is 0. The van der Waals surface area contributed by atoms with E-state index in [1.807, 2.05) is 56.2 Å². The van der Waals surface area contributed by atoms with Crippen molar-refractivity contribution in [1.82, 2.24) is 19.7 Å². The van der Waals surface area contributed by atoms with E-state index in [9.17, 15) is 4.79 Å². The molecule has 2 aliphatic rings. The van der Waals surface area contributed by atoms with Crippen molar-refractivity contribution in [2.45, 2.75) is 38.8 Å². The first-order valence-corrected chi connectivity index (χ1v) is 11.3. The van der Waals surface area contributed by atoms with Crippen molar-refractivity contribution in [3.63, 3.8) is 0 Å². The number of rotatable bonds is 9. The SMILES string of the molecule is CC(C)Oc1ccc(-n2nc(NC3C=CC(OCCN4CCCC4)=CC3=C=O)nc2N)cc1. The fraction of sp³-hybridized carbons (Fsp3) is 0.417. The Bertz CT molecular complexity index is 1060. The number of carbonyl (C=O) groups excluding carboxylic acids is 1. The van der Waals surface area contributed by atoms with Gasteiger partial charge in [0.15, 0.2) is 0 Å². The van der Waals surface area contributed by atoms with Crippen molar-refractivity contribution in [1.29, 1.82) is 0 Å². The number of anilines is 2. The standard InChI is InChI=1S/C24H30N6O3/c1-17(2)33-20-7-5-19(6-8-20)30-23(25)27-24(28-30)26-22-10-9-21(15-18(22)16-31)32-14-13-29-11-3-4-12-29/h5-10,15,17,22H,3-4,11-14H2,1-2H3,(H3,25,26,27,28). The maximum atomic E-state index is 11.6. The molecule has 1 saturated heterocycles. The highest BCUT2D eigenvalue weighted by atomic mass is 16.5. The Morgan fingerprint density at radius 2 is 2.00 bits per heavy atom. The molecule has 1 atom stereocenters. The number of ether oxygens (including phenoxy) is 2. The predicted molar refractivity (Wildman–Crippen MR) is 127 cm³/mol. The Morgan fingerprint density at radius 1 is 1.24 bits per heavy atom. The Kier molecular flexibility index (Phi) is 7.12. The molecule has 33 heavy (non-hydrogen) atoms. The fourth-order valence-corrected chi connectivity index (χ4v) is 3.85. The van der Waals surface area contributed by atoms with E-state index in [1.165, 1.54) is 17.5 Å². The first-order valence-electron chi connectivity index (χ1n) is 11.3. The van der Waals surface area contributed by atoms with Crippen molar-refractivity contribution >= 4 is 17.8 Å². The van der Waals surface area contributed by atoms with E-state index in [2.05, 4.69) is 20.3 Å². The van der Waals surface area contributed by atoms with E-state index in [1.54, 1.807) is 6.08 Å². The van der Waals surface area contributed by atoms with Crippen molar-refractivity contribution in [2.24, 2.45) is 0 Å². The predicted octanol–water partition coefficient (Wildman–Crippen LogP) is 2.74. The molecule has 0 amide bonds. The molecular weight excluding hydrogens is 420 g/mol. The van der Waals surface area contributed by atoms with E-state index in [0.29, 0.717) is 23.9 Å². The summed E-state index contributed by atoms with van der Waals surface area (Å²) in [6.07, 6.45) is 7.97. The number of nitrogens with zero attached hydrogens (tertiary/aromatic N) is 4. The molecule has 1 aliphatic carbocycles. The van der Waals surface area contributed by atoms with Gasteiger partial charge < -0.3 is 20.5 Å². The summed E-state index contributed by atoms with van der Waals surface area (Å²) in [7, 11) is 0. The number of allylic oxidation sites excluding steroid dienone is 1. The van der Waals surface area contributed by atoms with E-state index in [4.69, 9.17) is 15.2 Å². The lowest BCUT2D eigenvalue weighted by molar-refractivity contribution is 0.179. The molecule has 0 radical (unpaired) electrons. The smallest absolute Gasteiger partial charge is 0.245 e. The zero-order valence-electron chi connectivity index (χ0n) is 19.0. The number of nitrogens with two attached hydrogens (primary N) is 1. The van der Waals surface area contributed by atoms with Crippen LogP contribution in [0.25, 0.3) is 5.69 Å². The van der Waals surface area contributed by atoms with Gasteiger partial charge in [0.25, 0.3) is 0 Å². The monoisotopic (exact) mass is 450 g/mol. The van der Waals surface area contributed by atoms with Crippen LogP contribution in [0.3, 0.4) is 0 Å². The number of nitrogens with one attached hydrogen (secondary N) is 1. The molecule has 0 spiro atoms. The van der Waals surface area contributed by atoms with E-state index in [-0.39, 0.29) is 12.1 Å². The molecular formula is C24H30N6O3. The van der Waals surface area contributed by atoms with E-state index in [0.717, 1.165) is 31.1 Å². The van der Waals surface area contributed by atoms with Crippen molar-refractivity contribution in [2.75, 3.05) is 37.3 Å². The molecule has 1 fully saturated rings. The molecule has 9 heteroatoms. The van der Waals surface area contributed by atoms with Crippen LogP contribution in [0.2, 0.25) is 0 Å². The number of hydrogen-bond donors (Lipinski definition) is 2. The van der Waals surface area contributed by atoms with Crippen LogP contribution in [-0.2, 0) is 9.53 Å². The minimum absolute atomic E-state index is 0.0942. The van der Waals surface area contributed by atoms with Gasteiger partial charge in [-0.1, -0.05) is 6.08 Å². The molecule has 0 saturated carbocycles. The molecule has 2 aromatic rings. The second kappa shape index (κ2) is 10.4. The summed E-state index contributed by atoms with van der Waals surface area (Å²) < 4.78 is 13.0. The van der Waals surface area contributed by atoms with Crippen LogP contribution in [0.1, 0.15) is 26.7 Å². The third kappa shape index (κ3) is 5.83. The first-order chi connectivity index (χ1) is 16.0. The van der Waals surface area contributed by atoms with Gasteiger partial charge >= 0.3 is 0 Å². The average Bonchev–Trinajstić information content (AvgIpc) is 3.44. The number of benzene rings is 1. The molecule has 4 rings (SSSR count). The van der Waals surface area contributed by atoms with Crippen LogP contribution in [0, 0.1) is 0 Å². The van der Waals surface area contributed by atoms with Crippen LogP contribution in [-0.4, -0.2) is 64.0 Å². The van der Waals surface area contributed by atoms with Gasteiger partial charge in [-0.15, -0.1) is 5.10 Å². The molecule has 1 aromatic heterocycles. The topological polar surface area (TPSA) is 108 Å². The van der Waals surface area contributed by atoms with Crippen molar-refractivity contribution in [3.8, 4) is 11.4 Å². The van der Waals surface area contributed by atoms with E-state index < -0.39 is 6.04 Å². The van der Waals surface area contributed by atoms with Crippen LogP contribution in [0.15, 0.2) is 53.8 Å². The van der Waals surface area contributed by atoms with Crippen molar-refractivity contribution in [3.05, 3.63) is 53.8 Å². The number of nitrogen functional groups attached to an aromatic ring is 1. The largest absolute Gasteiger partial charge is 0.492 e. The lowest BCUT2D eigenvalue weighted by atomic mass is 10.0. The van der Waals surface area contributed by atoms with Gasteiger partial charge in [-0.25, -0.2) is 4.79 Å². The number of hydrogen-bond acceptors (Lipinski definition) is 8. The van der Waals surface area contributed by atoms with Gasteiger partial charge in [0, 0.05) is 6.54 Å². The summed E-state index contributed by atoms with van der Waals surface area (Å²) in [5, 5.41) is 7.57. The Hall–Kier alpha value is -3.55. The summed E-state index contributed by atoms with van der Waals surface area (Å²) in [6.45, 7) is 7.68. The highest BCUT2D eigenvalue weighted by Crippen LogP contribution is 2.22. The lowest BCUT2D eigenvalue weighted by Gasteiger charge is -2.19. The van der Waals surface area contributed by atoms with Crippen LogP contribution in [0.5, 0.6) is 5.75 Å². The third-order valence-corrected chi connectivity index (χ3v) is 5.45. The average molecular weight is 451 g/mol. The number of aromatic nitrogens is 3. The molecule has 9 nitrogen and oxygen atoms in total. The fourth-order valence-electron chi connectivity index (χ4n) is 3.85. The van der Waals surface area contributed by atoms with Gasteiger partial charge in [-0.2, -0.15) is 9.67 Å². The summed E-state index contributed by atoms with van der Waals surface area (Å²) in [4.78, 5) is 18.2. The second-order valence-electron chi connectivity index (χ2n) is 8.35. The normalized spacial score (nSPS) is 18.3. The van der Waals surface area contributed by atoms with Crippen LogP contribution < -0.4 is 15.8 Å². The first kappa shape index (κ1) is 22.6. The third-order valence-electron chi connectivity index (χ3n) is 5.45. The molecule has 2 heterocycles. The van der Waals surface area contributed by atoms with Crippen LogP contribution in [0.4, 0.5) is 11.9 Å². The van der Waals surface area contributed by atoms with Gasteiger partial charge in [-0.05, 0) is 76.2 Å². The highest BCUT2D eigenvalue weighted by molar-refractivity contribution is 5.65. The molecule has 1 aliphatic heterocycles. The summed E-state index contributed by atoms with van der Waals surface area (Å²) in [6, 6.07) is 7.01. The maximum Gasteiger partial charge on any atom is 0.245 e. The van der Waals surface area contributed by atoms with E-state index >= 15 is 0 Å². The Labute approximate surface area is 193 Å². The lowest BCUT2D eigenvalue weighted by Crippen LogP contribution is -2.25. The van der Waals surface area contributed by atoms with Gasteiger partial charge in [-0.3, -0.25) is 4.90 Å². The second-order valence-corrected chi connectivity index (χ2v) is 8.35. The molecule has 3 N–H and O–H groups in total. The highest BCUT2D eigenvalue weighted by Gasteiger charge is 2.20. The molecule has 1 unspecified atom stereocenters. The summed E-state index contributed by atoms with van der Waals surface area (Å²) in [5.41, 5.74) is 7.24. The van der Waals surface area contributed by atoms with Gasteiger partial charge in [0.2, 0.25) is 11.9 Å². The minimum atomic E-state index is -0.425. The quantitative estimate of drug-likeness (QED) is 0.562. The number of likely N-dealkylation sites (tertiary alicyclic amines) is 1. The zero-order valence-corrected chi connectivity index (χ0v) is 19.0. The Balaban J connectivity index is 1.37. The molecule has 1 aromatic carbocycles.